The number of allylic oxidation sites excluding steroid dienone is 1. The molecule has 1 N–H and O–H groups in total. The highest BCUT2D eigenvalue weighted by Crippen LogP contribution is 2.38. The van der Waals surface area contributed by atoms with Crippen molar-refractivity contribution >= 4 is 17.5 Å². The number of methoxy groups -OCH3 is 2. The zero-order valence-corrected chi connectivity index (χ0v) is 13.3. The van der Waals surface area contributed by atoms with Crippen LogP contribution in [0.2, 0.25) is 0 Å². The minimum atomic E-state index is -0.591. The summed E-state index contributed by atoms with van der Waals surface area (Å²) in [6.45, 7) is 0. The summed E-state index contributed by atoms with van der Waals surface area (Å²) in [7, 11) is 2.77. The molecule has 0 aliphatic carbocycles. The highest BCUT2D eigenvalue weighted by molar-refractivity contribution is 6.14. The first-order chi connectivity index (χ1) is 11.9. The molecule has 8 heteroatoms. The summed E-state index contributed by atoms with van der Waals surface area (Å²) in [5.41, 5.74) is 0.135. The van der Waals surface area contributed by atoms with Gasteiger partial charge in [-0.1, -0.05) is 0 Å². The number of rotatable bonds is 4. The van der Waals surface area contributed by atoms with Crippen LogP contribution < -0.4 is 14.2 Å². The van der Waals surface area contributed by atoms with Crippen LogP contribution in [0.4, 0.5) is 5.69 Å². The summed E-state index contributed by atoms with van der Waals surface area (Å²) in [4.78, 5) is 23.1. The van der Waals surface area contributed by atoms with Gasteiger partial charge in [0.25, 0.3) is 5.69 Å². The molecule has 0 amide bonds. The van der Waals surface area contributed by atoms with E-state index in [1.54, 1.807) is 0 Å². The van der Waals surface area contributed by atoms with Gasteiger partial charge in [0, 0.05) is 6.07 Å². The van der Waals surface area contributed by atoms with Crippen LogP contribution in [0.3, 0.4) is 0 Å². The van der Waals surface area contributed by atoms with E-state index in [4.69, 9.17) is 14.2 Å². The summed E-state index contributed by atoms with van der Waals surface area (Å²) in [6.07, 6.45) is 1.26. The van der Waals surface area contributed by atoms with Crippen molar-refractivity contribution in [3.8, 4) is 23.0 Å². The zero-order valence-electron chi connectivity index (χ0n) is 13.3. The Balaban J connectivity index is 2.10. The third-order valence-electron chi connectivity index (χ3n) is 3.67. The Morgan fingerprint density at radius 3 is 2.48 bits per heavy atom. The molecule has 25 heavy (non-hydrogen) atoms. The second-order valence-electron chi connectivity index (χ2n) is 5.14. The van der Waals surface area contributed by atoms with Gasteiger partial charge in [0.05, 0.1) is 36.3 Å². The molecule has 0 aromatic heterocycles. The molecule has 0 fully saturated rings. The minimum Gasteiger partial charge on any atom is -0.508 e. The quantitative estimate of drug-likeness (QED) is 0.516. The monoisotopic (exact) mass is 343 g/mol. The van der Waals surface area contributed by atoms with E-state index in [2.05, 4.69) is 0 Å². The SMILES string of the molecule is COc1cc(/C=C2\Oc3cc(O)ccc3C2=O)c([N+](=O)[O-])cc1OC. The van der Waals surface area contributed by atoms with Gasteiger partial charge in [-0.05, 0) is 24.3 Å². The van der Waals surface area contributed by atoms with Crippen molar-refractivity contribution in [1.29, 1.82) is 0 Å². The smallest absolute Gasteiger partial charge is 0.280 e. The molecule has 8 nitrogen and oxygen atoms in total. The van der Waals surface area contributed by atoms with E-state index >= 15 is 0 Å². The van der Waals surface area contributed by atoms with Gasteiger partial charge in [-0.15, -0.1) is 0 Å². The van der Waals surface area contributed by atoms with E-state index in [1.807, 2.05) is 0 Å². The van der Waals surface area contributed by atoms with Crippen LogP contribution in [0.15, 0.2) is 36.1 Å². The van der Waals surface area contributed by atoms with Crippen LogP contribution in [0, 0.1) is 10.1 Å². The van der Waals surface area contributed by atoms with Gasteiger partial charge < -0.3 is 19.3 Å². The zero-order chi connectivity index (χ0) is 18.1. The first-order valence-corrected chi connectivity index (χ1v) is 7.12. The summed E-state index contributed by atoms with van der Waals surface area (Å²) < 4.78 is 15.6. The highest BCUT2D eigenvalue weighted by atomic mass is 16.6. The lowest BCUT2D eigenvalue weighted by Crippen LogP contribution is -2.01. The van der Waals surface area contributed by atoms with Crippen molar-refractivity contribution in [2.45, 2.75) is 0 Å². The molecule has 3 rings (SSSR count). The van der Waals surface area contributed by atoms with E-state index in [0.717, 1.165) is 0 Å². The summed E-state index contributed by atoms with van der Waals surface area (Å²) in [6, 6.07) is 6.69. The molecule has 2 aromatic rings. The molecule has 128 valence electrons. The lowest BCUT2D eigenvalue weighted by atomic mass is 10.1. The number of phenolic OH excluding ortho intramolecular Hbond substituents is 1. The average molecular weight is 343 g/mol. The number of ketones is 1. The molecule has 0 bridgehead atoms. The van der Waals surface area contributed by atoms with E-state index in [9.17, 15) is 20.0 Å². The molecule has 0 unspecified atom stereocenters. The number of carbonyl (C=O) groups is 1. The summed E-state index contributed by atoms with van der Waals surface area (Å²) in [5, 5.41) is 20.8. The molecule has 1 heterocycles. The molecular formula is C17H13NO7. The fourth-order valence-electron chi connectivity index (χ4n) is 2.47. The first-order valence-electron chi connectivity index (χ1n) is 7.12. The molecule has 0 saturated heterocycles. The van der Waals surface area contributed by atoms with E-state index in [0.29, 0.717) is 0 Å². The largest absolute Gasteiger partial charge is 0.508 e. The number of nitro benzene ring substituents is 1. The molecule has 0 spiro atoms. The number of ether oxygens (including phenoxy) is 3. The van der Waals surface area contributed by atoms with Crippen molar-refractivity contribution in [2.75, 3.05) is 14.2 Å². The third-order valence-corrected chi connectivity index (χ3v) is 3.67. The predicted octanol–water partition coefficient (Wildman–Crippen LogP) is 2.93. The Hall–Kier alpha value is -3.55. The lowest BCUT2D eigenvalue weighted by molar-refractivity contribution is -0.385. The van der Waals surface area contributed by atoms with Gasteiger partial charge >= 0.3 is 0 Å². The fourth-order valence-corrected chi connectivity index (χ4v) is 2.47. The van der Waals surface area contributed by atoms with Gasteiger partial charge in [-0.25, -0.2) is 0 Å². The maximum atomic E-state index is 12.4. The summed E-state index contributed by atoms with van der Waals surface area (Å²) in [5.74, 6) is 0.100. The van der Waals surface area contributed by atoms with Gasteiger partial charge in [-0.3, -0.25) is 14.9 Å². The van der Waals surface area contributed by atoms with E-state index in [1.165, 1.54) is 50.6 Å². The number of phenols is 1. The average Bonchev–Trinajstić information content (AvgIpc) is 2.89. The Morgan fingerprint density at radius 1 is 1.16 bits per heavy atom. The second-order valence-corrected chi connectivity index (χ2v) is 5.14. The van der Waals surface area contributed by atoms with Gasteiger partial charge in [0.2, 0.25) is 5.78 Å². The molecule has 0 saturated carbocycles. The minimum absolute atomic E-state index is 0.0510. The maximum Gasteiger partial charge on any atom is 0.280 e. The standard InChI is InChI=1S/C17H13NO7/c1-23-14-5-9(12(18(21)22)8-15(14)24-2)6-16-17(20)11-4-3-10(19)7-13(11)25-16/h3-8,19H,1-2H3/b16-6-. The van der Waals surface area contributed by atoms with E-state index in [-0.39, 0.29) is 45.6 Å². The first kappa shape index (κ1) is 16.3. The number of hydrogen-bond donors (Lipinski definition) is 1. The second kappa shape index (κ2) is 6.16. The van der Waals surface area contributed by atoms with Crippen molar-refractivity contribution in [3.05, 3.63) is 57.3 Å². The topological polar surface area (TPSA) is 108 Å². The number of nitrogens with zero attached hydrogens (tertiary/aromatic N) is 1. The number of benzene rings is 2. The number of hydrogen-bond acceptors (Lipinski definition) is 7. The van der Waals surface area contributed by atoms with Crippen LogP contribution >= 0.6 is 0 Å². The molecular weight excluding hydrogens is 330 g/mol. The van der Waals surface area contributed by atoms with Gasteiger partial charge in [0.1, 0.15) is 11.5 Å². The number of nitro groups is 1. The highest BCUT2D eigenvalue weighted by Gasteiger charge is 2.29. The summed E-state index contributed by atoms with van der Waals surface area (Å²) >= 11 is 0. The number of fused-ring (bicyclic) bond motifs is 1. The van der Waals surface area contributed by atoms with Crippen LogP contribution in [0.25, 0.3) is 6.08 Å². The van der Waals surface area contributed by atoms with E-state index < -0.39 is 10.7 Å². The Bertz CT molecular complexity index is 917. The molecule has 2 aromatic carbocycles. The molecule has 1 aliphatic rings. The fraction of sp³-hybridized carbons (Fsp3) is 0.118. The molecule has 0 radical (unpaired) electrons. The van der Waals surface area contributed by atoms with Crippen molar-refractivity contribution in [3.63, 3.8) is 0 Å². The maximum absolute atomic E-state index is 12.4. The molecule has 0 atom stereocenters. The van der Waals surface area contributed by atoms with Gasteiger partial charge in [-0.2, -0.15) is 0 Å². The number of aromatic hydroxyl groups is 1. The normalized spacial score (nSPS) is 14.2. The van der Waals surface area contributed by atoms with Crippen LogP contribution in [0.5, 0.6) is 23.0 Å². The lowest BCUT2D eigenvalue weighted by Gasteiger charge is -2.09. The van der Waals surface area contributed by atoms with Crippen molar-refractivity contribution in [2.24, 2.45) is 0 Å². The number of carbonyl (C=O) groups excluding carboxylic acids is 1. The third kappa shape index (κ3) is 2.85. The Morgan fingerprint density at radius 2 is 1.84 bits per heavy atom. The van der Waals surface area contributed by atoms with Crippen LogP contribution in [0.1, 0.15) is 15.9 Å². The van der Waals surface area contributed by atoms with Crippen molar-refractivity contribution < 1.29 is 29.0 Å². The van der Waals surface area contributed by atoms with Crippen molar-refractivity contribution in [1.82, 2.24) is 0 Å². The van der Waals surface area contributed by atoms with Gasteiger partial charge in [0.15, 0.2) is 17.3 Å². The Labute approximate surface area is 142 Å². The molecule has 1 aliphatic heterocycles. The Kier molecular flexibility index (Phi) is 4.02. The predicted molar refractivity (Wildman–Crippen MR) is 87.2 cm³/mol. The van der Waals surface area contributed by atoms with Crippen LogP contribution in [-0.2, 0) is 0 Å². The van der Waals surface area contributed by atoms with Crippen LogP contribution in [-0.4, -0.2) is 30.0 Å². The number of Topliss-reactive ketones (excluding diaryl/α,β-unsaturated/α-hetero) is 1.